The Bertz CT molecular complexity index is 839. The molecule has 0 aromatic heterocycles. The van der Waals surface area contributed by atoms with E-state index in [-0.39, 0.29) is 18.4 Å². The van der Waals surface area contributed by atoms with Gasteiger partial charge in [-0.1, -0.05) is 49.7 Å². The van der Waals surface area contributed by atoms with Gasteiger partial charge in [0.2, 0.25) is 5.91 Å². The average molecular weight is 411 g/mol. The number of ether oxygens (including phenoxy) is 1. The Labute approximate surface area is 180 Å². The number of carbonyl (C=O) groups excluding carboxylic acids is 2. The highest BCUT2D eigenvalue weighted by atomic mass is 16.5. The van der Waals surface area contributed by atoms with Gasteiger partial charge in [0.05, 0.1) is 0 Å². The lowest BCUT2D eigenvalue weighted by Crippen LogP contribution is -2.49. The lowest BCUT2D eigenvalue weighted by atomic mass is 10.1. The highest BCUT2D eigenvalue weighted by Gasteiger charge is 2.26. The summed E-state index contributed by atoms with van der Waals surface area (Å²) in [7, 11) is 0. The smallest absolute Gasteiger partial charge is 0.261 e. The Morgan fingerprint density at radius 1 is 0.933 bits per heavy atom. The standard InChI is InChI=1S/C25H34N2O3/c1-17(2)14-26-25(29)21(6)27(15-22-9-7-18(3)8-10-22)24(28)16-30-23-12-19(4)11-20(5)13-23/h7-13,17,21H,14-16H2,1-6H3,(H,26,29)/t21-/m0/s1. The number of benzene rings is 2. The summed E-state index contributed by atoms with van der Waals surface area (Å²) in [5.74, 6) is 0.626. The second kappa shape index (κ2) is 10.8. The number of hydrogen-bond donors (Lipinski definition) is 1. The quantitative estimate of drug-likeness (QED) is 0.675. The zero-order valence-corrected chi connectivity index (χ0v) is 19.0. The largest absolute Gasteiger partial charge is 0.484 e. The first-order valence-corrected chi connectivity index (χ1v) is 10.5. The predicted octanol–water partition coefficient (Wildman–Crippen LogP) is 4.18. The molecular weight excluding hydrogens is 376 g/mol. The molecule has 0 heterocycles. The molecule has 2 amide bonds. The van der Waals surface area contributed by atoms with Crippen molar-refractivity contribution in [1.82, 2.24) is 10.2 Å². The molecule has 0 aliphatic heterocycles. The van der Waals surface area contributed by atoms with E-state index in [1.165, 1.54) is 0 Å². The van der Waals surface area contributed by atoms with Crippen molar-refractivity contribution in [3.8, 4) is 5.75 Å². The molecule has 2 aromatic rings. The third kappa shape index (κ3) is 7.21. The summed E-state index contributed by atoms with van der Waals surface area (Å²) in [6.45, 7) is 12.7. The number of amides is 2. The zero-order valence-electron chi connectivity index (χ0n) is 19.0. The molecule has 30 heavy (non-hydrogen) atoms. The molecule has 1 N–H and O–H groups in total. The van der Waals surface area contributed by atoms with Crippen LogP contribution in [0.1, 0.15) is 43.0 Å². The van der Waals surface area contributed by atoms with E-state index in [1.807, 2.05) is 71.0 Å². The van der Waals surface area contributed by atoms with Crippen molar-refractivity contribution in [2.24, 2.45) is 5.92 Å². The molecule has 5 nitrogen and oxygen atoms in total. The van der Waals surface area contributed by atoms with Gasteiger partial charge in [0.25, 0.3) is 5.91 Å². The Morgan fingerprint density at radius 2 is 1.53 bits per heavy atom. The third-order valence-electron chi connectivity index (χ3n) is 4.88. The van der Waals surface area contributed by atoms with Gasteiger partial charge in [-0.3, -0.25) is 9.59 Å². The van der Waals surface area contributed by atoms with Crippen LogP contribution in [0.2, 0.25) is 0 Å². The van der Waals surface area contributed by atoms with Gasteiger partial charge < -0.3 is 15.0 Å². The maximum absolute atomic E-state index is 13.1. The molecule has 0 saturated carbocycles. The minimum absolute atomic E-state index is 0.115. The van der Waals surface area contributed by atoms with Crippen molar-refractivity contribution in [3.05, 3.63) is 64.7 Å². The number of nitrogens with zero attached hydrogens (tertiary/aromatic N) is 1. The Hall–Kier alpha value is -2.82. The summed E-state index contributed by atoms with van der Waals surface area (Å²) in [4.78, 5) is 27.3. The van der Waals surface area contributed by atoms with E-state index in [0.717, 1.165) is 22.3 Å². The highest BCUT2D eigenvalue weighted by Crippen LogP contribution is 2.17. The van der Waals surface area contributed by atoms with Crippen LogP contribution in [0.3, 0.4) is 0 Å². The van der Waals surface area contributed by atoms with E-state index < -0.39 is 6.04 Å². The number of carbonyl (C=O) groups is 2. The van der Waals surface area contributed by atoms with E-state index in [0.29, 0.717) is 24.8 Å². The van der Waals surface area contributed by atoms with Crippen molar-refractivity contribution in [2.45, 2.75) is 54.1 Å². The fourth-order valence-corrected chi connectivity index (χ4v) is 3.17. The number of nitrogens with one attached hydrogen (secondary N) is 1. The highest BCUT2D eigenvalue weighted by molar-refractivity contribution is 5.88. The maximum Gasteiger partial charge on any atom is 0.261 e. The minimum atomic E-state index is -0.597. The first-order valence-electron chi connectivity index (χ1n) is 10.5. The lowest BCUT2D eigenvalue weighted by Gasteiger charge is -2.29. The predicted molar refractivity (Wildman–Crippen MR) is 120 cm³/mol. The van der Waals surface area contributed by atoms with Crippen molar-refractivity contribution in [1.29, 1.82) is 0 Å². The second-order valence-electron chi connectivity index (χ2n) is 8.43. The van der Waals surface area contributed by atoms with Crippen LogP contribution in [0, 0.1) is 26.7 Å². The normalized spacial score (nSPS) is 11.8. The van der Waals surface area contributed by atoms with Gasteiger partial charge in [0, 0.05) is 13.1 Å². The van der Waals surface area contributed by atoms with Crippen LogP contribution in [0.5, 0.6) is 5.75 Å². The van der Waals surface area contributed by atoms with Gasteiger partial charge in [-0.05, 0) is 62.4 Å². The molecule has 162 valence electrons. The second-order valence-corrected chi connectivity index (χ2v) is 8.43. The number of hydrogen-bond acceptors (Lipinski definition) is 3. The molecule has 0 saturated heterocycles. The lowest BCUT2D eigenvalue weighted by molar-refractivity contribution is -0.142. The van der Waals surface area contributed by atoms with Crippen LogP contribution < -0.4 is 10.1 Å². The van der Waals surface area contributed by atoms with Crippen LogP contribution in [0.25, 0.3) is 0 Å². The van der Waals surface area contributed by atoms with Crippen molar-refractivity contribution < 1.29 is 14.3 Å². The Balaban J connectivity index is 2.14. The average Bonchev–Trinajstić information content (AvgIpc) is 2.68. The SMILES string of the molecule is Cc1ccc(CN(C(=O)COc2cc(C)cc(C)c2)[C@@H](C)C(=O)NCC(C)C)cc1. The van der Waals surface area contributed by atoms with Crippen LogP contribution in [-0.4, -0.2) is 35.9 Å². The maximum atomic E-state index is 13.1. The molecule has 0 unspecified atom stereocenters. The van der Waals surface area contributed by atoms with E-state index in [1.54, 1.807) is 11.8 Å². The molecule has 2 rings (SSSR count). The van der Waals surface area contributed by atoms with Crippen LogP contribution >= 0.6 is 0 Å². The van der Waals surface area contributed by atoms with Gasteiger partial charge in [-0.25, -0.2) is 0 Å². The zero-order chi connectivity index (χ0) is 22.3. The summed E-state index contributed by atoms with van der Waals surface area (Å²) in [6, 6.07) is 13.3. The van der Waals surface area contributed by atoms with E-state index >= 15 is 0 Å². The van der Waals surface area contributed by atoms with E-state index in [4.69, 9.17) is 4.74 Å². The van der Waals surface area contributed by atoms with E-state index in [2.05, 4.69) is 11.4 Å². The number of rotatable bonds is 9. The molecule has 0 aliphatic carbocycles. The van der Waals surface area contributed by atoms with Crippen LogP contribution in [0.15, 0.2) is 42.5 Å². The monoisotopic (exact) mass is 410 g/mol. The first-order chi connectivity index (χ1) is 14.2. The van der Waals surface area contributed by atoms with Crippen LogP contribution in [0.4, 0.5) is 0 Å². The van der Waals surface area contributed by atoms with Crippen LogP contribution in [-0.2, 0) is 16.1 Å². The molecule has 0 spiro atoms. The van der Waals surface area contributed by atoms with Crippen molar-refractivity contribution in [3.63, 3.8) is 0 Å². The Kier molecular flexibility index (Phi) is 8.46. The molecule has 0 bridgehead atoms. The minimum Gasteiger partial charge on any atom is -0.484 e. The van der Waals surface area contributed by atoms with Gasteiger partial charge in [-0.2, -0.15) is 0 Å². The summed E-state index contributed by atoms with van der Waals surface area (Å²) in [6.07, 6.45) is 0. The summed E-state index contributed by atoms with van der Waals surface area (Å²) < 4.78 is 5.77. The van der Waals surface area contributed by atoms with Crippen molar-refractivity contribution >= 4 is 11.8 Å². The molecule has 1 atom stereocenters. The molecule has 0 aliphatic rings. The summed E-state index contributed by atoms with van der Waals surface area (Å²) >= 11 is 0. The van der Waals surface area contributed by atoms with E-state index in [9.17, 15) is 9.59 Å². The van der Waals surface area contributed by atoms with Gasteiger partial charge in [-0.15, -0.1) is 0 Å². The van der Waals surface area contributed by atoms with Gasteiger partial charge in [0.15, 0.2) is 6.61 Å². The molecule has 0 radical (unpaired) electrons. The summed E-state index contributed by atoms with van der Waals surface area (Å²) in [5, 5.41) is 2.93. The number of aryl methyl sites for hydroxylation is 3. The topological polar surface area (TPSA) is 58.6 Å². The first kappa shape index (κ1) is 23.5. The molecule has 0 fully saturated rings. The summed E-state index contributed by atoms with van der Waals surface area (Å²) in [5.41, 5.74) is 4.28. The molecule has 5 heteroatoms. The third-order valence-corrected chi connectivity index (χ3v) is 4.88. The van der Waals surface area contributed by atoms with Crippen molar-refractivity contribution in [2.75, 3.05) is 13.2 Å². The molecular formula is C25H34N2O3. The fraction of sp³-hybridized carbons (Fsp3) is 0.440. The molecule has 2 aromatic carbocycles. The van der Waals surface area contributed by atoms with Gasteiger partial charge in [0.1, 0.15) is 11.8 Å². The Morgan fingerprint density at radius 3 is 2.10 bits per heavy atom. The fourth-order valence-electron chi connectivity index (χ4n) is 3.17. The van der Waals surface area contributed by atoms with Gasteiger partial charge >= 0.3 is 0 Å².